The third kappa shape index (κ3) is 1.50. The van der Waals surface area contributed by atoms with E-state index in [1.165, 1.54) is 19.3 Å². The van der Waals surface area contributed by atoms with Crippen molar-refractivity contribution in [2.75, 3.05) is 19.6 Å². The lowest BCUT2D eigenvalue weighted by Gasteiger charge is -2.28. The van der Waals surface area contributed by atoms with Crippen molar-refractivity contribution in [2.45, 2.75) is 19.3 Å². The van der Waals surface area contributed by atoms with E-state index in [1.807, 2.05) is 0 Å². The molecule has 2 aliphatic rings. The zero-order chi connectivity index (χ0) is 9.31. The van der Waals surface area contributed by atoms with Crippen molar-refractivity contribution in [3.05, 3.63) is 0 Å². The second-order valence-electron chi connectivity index (χ2n) is 4.30. The molecule has 4 N–H and O–H groups in total. The van der Waals surface area contributed by atoms with Crippen LogP contribution in [-0.4, -0.2) is 25.7 Å². The molecule has 1 heterocycles. The van der Waals surface area contributed by atoms with Crippen LogP contribution in [0.5, 0.6) is 0 Å². The van der Waals surface area contributed by atoms with Crippen molar-refractivity contribution in [2.24, 2.45) is 17.1 Å². The average molecular weight is 183 g/mol. The molecule has 1 aliphatic carbocycles. The normalized spacial score (nSPS) is 37.4. The van der Waals surface area contributed by atoms with Crippen molar-refractivity contribution < 1.29 is 4.79 Å². The van der Waals surface area contributed by atoms with E-state index >= 15 is 0 Å². The van der Waals surface area contributed by atoms with Crippen LogP contribution in [-0.2, 0) is 0 Å². The molecular weight excluding hydrogens is 166 g/mol. The summed E-state index contributed by atoms with van der Waals surface area (Å²) in [5, 5.41) is 6.15. The standard InChI is InChI=1S/C9H17N3O/c10-8(13)12-6-9-3-1-2-7(9)4-11-5-9/h7,11H,1-6H2,(H3,10,12,13). The van der Waals surface area contributed by atoms with E-state index in [4.69, 9.17) is 5.73 Å². The summed E-state index contributed by atoms with van der Waals surface area (Å²) in [6.45, 7) is 2.90. The van der Waals surface area contributed by atoms with Gasteiger partial charge in [-0.25, -0.2) is 4.79 Å². The maximum absolute atomic E-state index is 10.6. The largest absolute Gasteiger partial charge is 0.352 e. The Morgan fingerprint density at radius 3 is 3.31 bits per heavy atom. The Bertz CT molecular complexity index is 207. The molecule has 0 aromatic carbocycles. The monoisotopic (exact) mass is 183 g/mol. The molecule has 2 rings (SSSR count). The molecule has 0 aromatic rings. The van der Waals surface area contributed by atoms with E-state index in [0.717, 1.165) is 25.6 Å². The number of carbonyl (C=O) groups excluding carboxylic acids is 1. The van der Waals surface area contributed by atoms with Gasteiger partial charge in [-0.2, -0.15) is 0 Å². The van der Waals surface area contributed by atoms with E-state index in [0.29, 0.717) is 5.41 Å². The summed E-state index contributed by atoms with van der Waals surface area (Å²) in [4.78, 5) is 10.6. The second-order valence-corrected chi connectivity index (χ2v) is 4.30. The summed E-state index contributed by atoms with van der Waals surface area (Å²) in [7, 11) is 0. The molecule has 2 amide bonds. The van der Waals surface area contributed by atoms with Gasteiger partial charge in [-0.3, -0.25) is 0 Å². The summed E-state index contributed by atoms with van der Waals surface area (Å²) in [5.74, 6) is 0.749. The van der Waals surface area contributed by atoms with Crippen molar-refractivity contribution >= 4 is 6.03 Å². The number of nitrogens with two attached hydrogens (primary N) is 1. The van der Waals surface area contributed by atoms with E-state index < -0.39 is 6.03 Å². The second kappa shape index (κ2) is 3.18. The Balaban J connectivity index is 1.97. The van der Waals surface area contributed by atoms with Crippen LogP contribution in [0.15, 0.2) is 0 Å². The highest BCUT2D eigenvalue weighted by Gasteiger charge is 2.45. The molecule has 13 heavy (non-hydrogen) atoms. The van der Waals surface area contributed by atoms with Crippen LogP contribution in [0.2, 0.25) is 0 Å². The first-order valence-electron chi connectivity index (χ1n) is 4.97. The number of amides is 2. The topological polar surface area (TPSA) is 67.2 Å². The average Bonchev–Trinajstić information content (AvgIpc) is 2.57. The van der Waals surface area contributed by atoms with Crippen LogP contribution >= 0.6 is 0 Å². The molecule has 74 valence electrons. The smallest absolute Gasteiger partial charge is 0.312 e. The molecule has 0 radical (unpaired) electrons. The van der Waals surface area contributed by atoms with Crippen LogP contribution in [0, 0.1) is 11.3 Å². The first-order valence-corrected chi connectivity index (χ1v) is 4.97. The van der Waals surface area contributed by atoms with E-state index in [-0.39, 0.29) is 0 Å². The molecule has 2 unspecified atom stereocenters. The number of nitrogens with one attached hydrogen (secondary N) is 2. The fraction of sp³-hybridized carbons (Fsp3) is 0.889. The zero-order valence-corrected chi connectivity index (χ0v) is 7.81. The van der Waals surface area contributed by atoms with Crippen molar-refractivity contribution in [3.8, 4) is 0 Å². The summed E-state index contributed by atoms with van der Waals surface area (Å²) in [6, 6.07) is -0.396. The van der Waals surface area contributed by atoms with Gasteiger partial charge in [-0.15, -0.1) is 0 Å². The lowest BCUT2D eigenvalue weighted by Crippen LogP contribution is -2.42. The molecule has 0 aromatic heterocycles. The Labute approximate surface area is 78.2 Å². The van der Waals surface area contributed by atoms with Crippen LogP contribution in [0.25, 0.3) is 0 Å². The molecule has 0 bridgehead atoms. The Morgan fingerprint density at radius 1 is 1.69 bits per heavy atom. The minimum atomic E-state index is -0.396. The predicted molar refractivity (Wildman–Crippen MR) is 50.2 cm³/mol. The fourth-order valence-corrected chi connectivity index (χ4v) is 2.82. The Kier molecular flexibility index (Phi) is 2.15. The highest BCUT2D eigenvalue weighted by molar-refractivity contribution is 5.71. The van der Waals surface area contributed by atoms with Gasteiger partial charge in [0.1, 0.15) is 0 Å². The van der Waals surface area contributed by atoms with Crippen LogP contribution < -0.4 is 16.4 Å². The number of rotatable bonds is 2. The molecule has 1 aliphatic heterocycles. The summed E-state index contributed by atoms with van der Waals surface area (Å²) >= 11 is 0. The summed E-state index contributed by atoms with van der Waals surface area (Å²) < 4.78 is 0. The maximum Gasteiger partial charge on any atom is 0.312 e. The molecular formula is C9H17N3O. The van der Waals surface area contributed by atoms with E-state index in [1.54, 1.807) is 0 Å². The number of primary amides is 1. The molecule has 4 heteroatoms. The zero-order valence-electron chi connectivity index (χ0n) is 7.81. The van der Waals surface area contributed by atoms with Gasteiger partial charge in [0.15, 0.2) is 0 Å². The first-order chi connectivity index (χ1) is 6.23. The number of carbonyl (C=O) groups is 1. The predicted octanol–water partition coefficient (Wildman–Crippen LogP) is 0.0444. The molecule has 4 nitrogen and oxygen atoms in total. The number of urea groups is 1. The van der Waals surface area contributed by atoms with Gasteiger partial charge in [-0.1, -0.05) is 6.42 Å². The maximum atomic E-state index is 10.6. The number of hydrogen-bond acceptors (Lipinski definition) is 2. The molecule has 0 spiro atoms. The van der Waals surface area contributed by atoms with Gasteiger partial charge >= 0.3 is 6.03 Å². The lowest BCUT2D eigenvalue weighted by atomic mass is 9.81. The Hall–Kier alpha value is -0.770. The van der Waals surface area contributed by atoms with Gasteiger partial charge in [-0.05, 0) is 25.3 Å². The molecule has 1 saturated carbocycles. The third-order valence-electron chi connectivity index (χ3n) is 3.58. The van der Waals surface area contributed by atoms with Crippen molar-refractivity contribution in [1.82, 2.24) is 10.6 Å². The molecule has 1 saturated heterocycles. The highest BCUT2D eigenvalue weighted by Crippen LogP contribution is 2.45. The van der Waals surface area contributed by atoms with E-state index in [2.05, 4.69) is 10.6 Å². The minimum Gasteiger partial charge on any atom is -0.352 e. The number of hydrogen-bond donors (Lipinski definition) is 3. The van der Waals surface area contributed by atoms with Crippen LogP contribution in [0.4, 0.5) is 4.79 Å². The molecule has 2 fully saturated rings. The number of fused-ring (bicyclic) bond motifs is 1. The lowest BCUT2D eigenvalue weighted by molar-refractivity contribution is 0.228. The SMILES string of the molecule is NC(=O)NCC12CCCC1CNC2. The van der Waals surface area contributed by atoms with Gasteiger partial charge in [0, 0.05) is 18.5 Å². The van der Waals surface area contributed by atoms with Gasteiger partial charge in [0.2, 0.25) is 0 Å². The quantitative estimate of drug-likeness (QED) is 0.566. The van der Waals surface area contributed by atoms with E-state index in [9.17, 15) is 4.79 Å². The minimum absolute atomic E-state index is 0.315. The first kappa shape index (κ1) is 8.81. The van der Waals surface area contributed by atoms with Crippen LogP contribution in [0.3, 0.4) is 0 Å². The van der Waals surface area contributed by atoms with Gasteiger partial charge in [0.25, 0.3) is 0 Å². The summed E-state index contributed by atoms with van der Waals surface area (Å²) in [6.07, 6.45) is 3.82. The van der Waals surface area contributed by atoms with Crippen molar-refractivity contribution in [1.29, 1.82) is 0 Å². The van der Waals surface area contributed by atoms with Crippen molar-refractivity contribution in [3.63, 3.8) is 0 Å². The van der Waals surface area contributed by atoms with Gasteiger partial charge in [0.05, 0.1) is 0 Å². The Morgan fingerprint density at radius 2 is 2.54 bits per heavy atom. The van der Waals surface area contributed by atoms with Crippen LogP contribution in [0.1, 0.15) is 19.3 Å². The highest BCUT2D eigenvalue weighted by atomic mass is 16.2. The fourth-order valence-electron chi connectivity index (χ4n) is 2.82. The summed E-state index contributed by atoms with van der Waals surface area (Å²) in [5.41, 5.74) is 5.39. The van der Waals surface area contributed by atoms with Gasteiger partial charge < -0.3 is 16.4 Å². The third-order valence-corrected chi connectivity index (χ3v) is 3.58. The molecule has 2 atom stereocenters.